The van der Waals surface area contributed by atoms with Gasteiger partial charge in [0.1, 0.15) is 6.61 Å². The lowest BCUT2D eigenvalue weighted by Crippen LogP contribution is -2.62. The molecule has 1 N–H and O–H groups in total. The normalized spacial score (nSPS) is 26.2. The third kappa shape index (κ3) is 2.52. The van der Waals surface area contributed by atoms with E-state index >= 15 is 0 Å². The molecule has 1 aromatic carbocycles. The topological polar surface area (TPSA) is 121 Å². The minimum Gasteiger partial charge on any atom is -0.463 e. The van der Waals surface area contributed by atoms with E-state index < -0.39 is 22.4 Å². The van der Waals surface area contributed by atoms with E-state index in [9.17, 15) is 20.2 Å². The monoisotopic (exact) mass is 329 g/mol. The third-order valence-corrected chi connectivity index (χ3v) is 4.29. The molecule has 2 amide bonds. The van der Waals surface area contributed by atoms with Crippen molar-refractivity contribution in [3.05, 3.63) is 39.9 Å². The zero-order valence-electron chi connectivity index (χ0n) is 12.9. The Balaban J connectivity index is 1.95. The Bertz CT molecular complexity index is 771. The second-order valence-corrected chi connectivity index (χ2v) is 5.74. The van der Waals surface area contributed by atoms with Crippen LogP contribution >= 0.6 is 0 Å². The number of carbonyl (C=O) groups is 1. The van der Waals surface area contributed by atoms with Gasteiger partial charge in [-0.05, 0) is 12.5 Å². The van der Waals surface area contributed by atoms with Crippen LogP contribution in [-0.4, -0.2) is 41.6 Å². The van der Waals surface area contributed by atoms with Crippen LogP contribution < -0.4 is 5.32 Å². The number of nitrogens with one attached hydrogen (secondary N) is 1. The maximum atomic E-state index is 12.5. The molecule has 124 valence electrons. The van der Waals surface area contributed by atoms with Crippen molar-refractivity contribution in [2.24, 2.45) is 10.9 Å². The highest BCUT2D eigenvalue weighted by Crippen LogP contribution is 2.35. The van der Waals surface area contributed by atoms with E-state index in [2.05, 4.69) is 16.4 Å². The second-order valence-electron chi connectivity index (χ2n) is 5.74. The first-order valence-electron chi connectivity index (χ1n) is 7.37. The number of carbonyl (C=O) groups excluding carboxylic acids is 1. The summed E-state index contributed by atoms with van der Waals surface area (Å²) in [6, 6.07) is 7.88. The van der Waals surface area contributed by atoms with E-state index in [0.29, 0.717) is 18.7 Å². The lowest BCUT2D eigenvalue weighted by molar-refractivity contribution is -0.385. The highest BCUT2D eigenvalue weighted by molar-refractivity contribution is 5.95. The first kappa shape index (κ1) is 15.7. The number of ether oxygens (including phenoxy) is 1. The highest BCUT2D eigenvalue weighted by Gasteiger charge is 2.46. The molecule has 0 bridgehead atoms. The fraction of sp³-hybridized carbons (Fsp3) is 0.400. The van der Waals surface area contributed by atoms with Crippen LogP contribution in [0.2, 0.25) is 0 Å². The summed E-state index contributed by atoms with van der Waals surface area (Å²) in [6.45, 7) is 2.66. The molecule has 1 fully saturated rings. The SMILES string of the molecule is CC1(c2cccc([N+](=O)[O-])c2)NC(=O)N(C2=NCCO2)CC1C#N. The standard InChI is InChI=1S/C15H15N5O4/c1-15(10-3-2-4-12(7-10)20(22)23)11(8-16)9-19(13(21)18-15)14-17-5-6-24-14/h2-4,7,11H,5-6,9H2,1H3,(H,18,21). The average Bonchev–Trinajstić information content (AvgIpc) is 3.09. The molecule has 0 spiro atoms. The van der Waals surface area contributed by atoms with Crippen LogP contribution in [0.5, 0.6) is 0 Å². The van der Waals surface area contributed by atoms with Gasteiger partial charge in [-0.25, -0.2) is 14.7 Å². The van der Waals surface area contributed by atoms with Crippen molar-refractivity contribution in [2.75, 3.05) is 19.7 Å². The number of nitriles is 1. The summed E-state index contributed by atoms with van der Waals surface area (Å²) in [7, 11) is 0. The molecule has 1 aromatic rings. The van der Waals surface area contributed by atoms with Crippen molar-refractivity contribution in [2.45, 2.75) is 12.5 Å². The number of rotatable bonds is 2. The van der Waals surface area contributed by atoms with Crippen LogP contribution in [0.15, 0.2) is 29.3 Å². The highest BCUT2D eigenvalue weighted by atomic mass is 16.6. The van der Waals surface area contributed by atoms with Gasteiger partial charge in [-0.2, -0.15) is 5.26 Å². The average molecular weight is 329 g/mol. The maximum Gasteiger partial charge on any atom is 0.326 e. The zero-order chi connectivity index (χ0) is 17.3. The van der Waals surface area contributed by atoms with Gasteiger partial charge in [-0.3, -0.25) is 10.1 Å². The molecule has 0 aromatic heterocycles. The minimum atomic E-state index is -1.05. The largest absolute Gasteiger partial charge is 0.463 e. The Kier molecular flexibility index (Phi) is 3.81. The number of hydrogen-bond donors (Lipinski definition) is 1. The Morgan fingerprint density at radius 3 is 3.00 bits per heavy atom. The Labute approximate surface area is 137 Å². The summed E-state index contributed by atoms with van der Waals surface area (Å²) in [5, 5.41) is 23.3. The van der Waals surface area contributed by atoms with E-state index in [-0.39, 0.29) is 18.3 Å². The summed E-state index contributed by atoms with van der Waals surface area (Å²) < 4.78 is 5.30. The van der Waals surface area contributed by atoms with Crippen molar-refractivity contribution in [1.82, 2.24) is 10.2 Å². The zero-order valence-corrected chi connectivity index (χ0v) is 12.9. The number of non-ortho nitro benzene ring substituents is 1. The summed E-state index contributed by atoms with van der Waals surface area (Å²) in [4.78, 5) is 28.3. The summed E-state index contributed by atoms with van der Waals surface area (Å²) >= 11 is 0. The van der Waals surface area contributed by atoms with Crippen molar-refractivity contribution in [3.8, 4) is 6.07 Å². The molecule has 3 rings (SSSR count). The predicted molar refractivity (Wildman–Crippen MR) is 83.0 cm³/mol. The molecule has 24 heavy (non-hydrogen) atoms. The molecule has 0 saturated carbocycles. The Morgan fingerprint density at radius 1 is 1.58 bits per heavy atom. The number of hydrogen-bond acceptors (Lipinski definition) is 6. The number of nitro groups is 1. The van der Waals surface area contributed by atoms with Gasteiger partial charge >= 0.3 is 6.03 Å². The van der Waals surface area contributed by atoms with Gasteiger partial charge in [0, 0.05) is 12.1 Å². The molecule has 1 saturated heterocycles. The molecule has 2 aliphatic rings. The van der Waals surface area contributed by atoms with Crippen molar-refractivity contribution in [1.29, 1.82) is 5.26 Å². The number of nitro benzene ring substituents is 1. The molecule has 0 aliphatic carbocycles. The van der Waals surface area contributed by atoms with Crippen LogP contribution in [0.25, 0.3) is 0 Å². The molecule has 2 aliphatic heterocycles. The van der Waals surface area contributed by atoms with Crippen LogP contribution in [0.3, 0.4) is 0 Å². The van der Waals surface area contributed by atoms with E-state index in [1.807, 2.05) is 0 Å². The fourth-order valence-electron chi connectivity index (χ4n) is 2.86. The smallest absolute Gasteiger partial charge is 0.326 e. The van der Waals surface area contributed by atoms with Gasteiger partial charge in [0.2, 0.25) is 0 Å². The molecular weight excluding hydrogens is 314 g/mol. The first-order chi connectivity index (χ1) is 11.5. The molecule has 9 heteroatoms. The van der Waals surface area contributed by atoms with Crippen LogP contribution in [0, 0.1) is 27.4 Å². The second kappa shape index (κ2) is 5.81. The van der Waals surface area contributed by atoms with Crippen LogP contribution in [-0.2, 0) is 10.3 Å². The lowest BCUT2D eigenvalue weighted by atomic mass is 9.78. The van der Waals surface area contributed by atoms with Crippen molar-refractivity contribution in [3.63, 3.8) is 0 Å². The van der Waals surface area contributed by atoms with E-state index in [0.717, 1.165) is 0 Å². The van der Waals surface area contributed by atoms with E-state index in [1.54, 1.807) is 13.0 Å². The van der Waals surface area contributed by atoms with Gasteiger partial charge in [0.05, 0.1) is 35.5 Å². The molecule has 2 unspecified atom stereocenters. The number of amides is 2. The van der Waals surface area contributed by atoms with Crippen molar-refractivity contribution < 1.29 is 14.5 Å². The van der Waals surface area contributed by atoms with E-state index in [4.69, 9.17) is 4.74 Å². The molecule has 2 heterocycles. The number of amidine groups is 1. The predicted octanol–water partition coefficient (Wildman–Crippen LogP) is 1.36. The van der Waals surface area contributed by atoms with Gasteiger partial charge in [-0.15, -0.1) is 0 Å². The third-order valence-electron chi connectivity index (χ3n) is 4.29. The first-order valence-corrected chi connectivity index (χ1v) is 7.37. The van der Waals surface area contributed by atoms with Gasteiger partial charge in [0.25, 0.3) is 11.7 Å². The van der Waals surface area contributed by atoms with Crippen LogP contribution in [0.4, 0.5) is 10.5 Å². The Morgan fingerprint density at radius 2 is 2.38 bits per heavy atom. The summed E-state index contributed by atoms with van der Waals surface area (Å²) in [5.74, 6) is -0.635. The van der Waals surface area contributed by atoms with Gasteiger partial charge in [-0.1, -0.05) is 12.1 Å². The van der Waals surface area contributed by atoms with Crippen LogP contribution in [0.1, 0.15) is 12.5 Å². The minimum absolute atomic E-state index is 0.0920. The number of nitrogens with zero attached hydrogens (tertiary/aromatic N) is 4. The number of aliphatic imine (C=N–C) groups is 1. The van der Waals surface area contributed by atoms with Gasteiger partial charge < -0.3 is 10.1 Å². The molecule has 2 atom stereocenters. The van der Waals surface area contributed by atoms with Gasteiger partial charge in [0.15, 0.2) is 0 Å². The maximum absolute atomic E-state index is 12.5. The molecule has 9 nitrogen and oxygen atoms in total. The Hall–Kier alpha value is -3.15. The van der Waals surface area contributed by atoms with Crippen molar-refractivity contribution >= 4 is 17.7 Å². The molecular formula is C15H15N5O4. The molecule has 0 radical (unpaired) electrons. The number of urea groups is 1. The lowest BCUT2D eigenvalue weighted by Gasteiger charge is -2.43. The fourth-order valence-corrected chi connectivity index (χ4v) is 2.86. The quantitative estimate of drug-likeness (QED) is 0.648. The summed E-state index contributed by atoms with van der Waals surface area (Å²) in [6.07, 6.45) is 0. The summed E-state index contributed by atoms with van der Waals surface area (Å²) in [5.41, 5.74) is -0.635. The van der Waals surface area contributed by atoms with E-state index in [1.165, 1.54) is 23.1 Å². The number of benzene rings is 1.